The highest BCUT2D eigenvalue weighted by atomic mass is 16.2. The van der Waals surface area contributed by atoms with Crippen molar-refractivity contribution in [2.24, 2.45) is 5.92 Å². The summed E-state index contributed by atoms with van der Waals surface area (Å²) in [5.74, 6) is 0.496. The van der Waals surface area contributed by atoms with Crippen LogP contribution in [0.1, 0.15) is 41.1 Å². The monoisotopic (exact) mass is 513 g/mol. The summed E-state index contributed by atoms with van der Waals surface area (Å²) in [5.41, 5.74) is 11.0. The van der Waals surface area contributed by atoms with Crippen molar-refractivity contribution in [3.63, 3.8) is 0 Å². The molecule has 0 aliphatic carbocycles. The number of carbonyl (C=O) groups is 1. The lowest BCUT2D eigenvalue weighted by Gasteiger charge is -2.36. The summed E-state index contributed by atoms with van der Waals surface area (Å²) in [6, 6.07) is 40.1. The summed E-state index contributed by atoms with van der Waals surface area (Å²) in [7, 11) is 0. The van der Waals surface area contributed by atoms with Crippen molar-refractivity contribution < 1.29 is 4.79 Å². The van der Waals surface area contributed by atoms with Gasteiger partial charge in [0.1, 0.15) is 0 Å². The molecule has 1 saturated heterocycles. The Morgan fingerprint density at radius 3 is 1.92 bits per heavy atom. The Balaban J connectivity index is 1.17. The van der Waals surface area contributed by atoms with Crippen molar-refractivity contribution in [1.29, 1.82) is 0 Å². The first-order valence-corrected chi connectivity index (χ1v) is 14.0. The molecular formula is C35H35N3O. The highest BCUT2D eigenvalue weighted by Gasteiger charge is 2.29. The van der Waals surface area contributed by atoms with E-state index in [1.54, 1.807) is 0 Å². The maximum atomic E-state index is 13.6. The summed E-state index contributed by atoms with van der Waals surface area (Å²) in [6.45, 7) is 2.48. The molecule has 0 aromatic heterocycles. The second kappa shape index (κ2) is 11.8. The van der Waals surface area contributed by atoms with Crippen LogP contribution >= 0.6 is 0 Å². The Hall–Kier alpha value is -3.99. The number of piperidine rings is 1. The molecule has 4 aromatic rings. The van der Waals surface area contributed by atoms with Crippen molar-refractivity contribution in [3.05, 3.63) is 149 Å². The molecule has 6 rings (SSSR count). The van der Waals surface area contributed by atoms with E-state index < -0.39 is 0 Å². The molecule has 4 heteroatoms. The molecule has 1 N–H and O–H groups in total. The third-order valence-electron chi connectivity index (χ3n) is 8.03. The number of hydrogen-bond donors (Lipinski definition) is 1. The average Bonchev–Trinajstić information content (AvgIpc) is 3.14. The summed E-state index contributed by atoms with van der Waals surface area (Å²) < 4.78 is 0. The van der Waals surface area contributed by atoms with E-state index in [2.05, 4.69) is 101 Å². The van der Waals surface area contributed by atoms with E-state index in [-0.39, 0.29) is 11.9 Å². The summed E-state index contributed by atoms with van der Waals surface area (Å²) in [5, 5.41) is 2.37. The van der Waals surface area contributed by atoms with Crippen LogP contribution in [0, 0.1) is 5.92 Å². The van der Waals surface area contributed by atoms with Crippen LogP contribution in [-0.2, 0) is 17.8 Å². The maximum Gasteiger partial charge on any atom is 0.251 e. The SMILES string of the molecule is O=C1C=C(C2CCN(NC(c3ccccc3)c3ccccc3)CC2)Cc2ccccc2N1Cc1ccccc1. The molecule has 1 amide bonds. The number of para-hydroxylation sites is 1. The van der Waals surface area contributed by atoms with Crippen LogP contribution in [-0.4, -0.2) is 24.0 Å². The molecule has 196 valence electrons. The molecule has 0 spiro atoms. The van der Waals surface area contributed by atoms with Crippen LogP contribution in [0.2, 0.25) is 0 Å². The first-order chi connectivity index (χ1) is 19.2. The van der Waals surface area contributed by atoms with Crippen molar-refractivity contribution >= 4 is 11.6 Å². The lowest BCUT2D eigenvalue weighted by atomic mass is 9.86. The predicted octanol–water partition coefficient (Wildman–Crippen LogP) is 6.71. The van der Waals surface area contributed by atoms with Crippen molar-refractivity contribution in [3.8, 4) is 0 Å². The Morgan fingerprint density at radius 1 is 0.718 bits per heavy atom. The van der Waals surface area contributed by atoms with Gasteiger partial charge in [-0.15, -0.1) is 0 Å². The number of amides is 1. The predicted molar refractivity (Wildman–Crippen MR) is 158 cm³/mol. The molecule has 4 aromatic carbocycles. The smallest absolute Gasteiger partial charge is 0.251 e. The molecule has 0 atom stereocenters. The third kappa shape index (κ3) is 5.88. The maximum absolute atomic E-state index is 13.6. The molecule has 0 unspecified atom stereocenters. The zero-order valence-electron chi connectivity index (χ0n) is 22.2. The van der Waals surface area contributed by atoms with Gasteiger partial charge >= 0.3 is 0 Å². The second-order valence-electron chi connectivity index (χ2n) is 10.6. The van der Waals surface area contributed by atoms with Crippen LogP contribution in [0.15, 0.2) is 127 Å². The van der Waals surface area contributed by atoms with E-state index >= 15 is 0 Å². The average molecular weight is 514 g/mol. The van der Waals surface area contributed by atoms with E-state index in [1.807, 2.05) is 35.2 Å². The minimum Gasteiger partial charge on any atom is -0.304 e. The van der Waals surface area contributed by atoms with Gasteiger partial charge in [0.2, 0.25) is 0 Å². The number of carbonyl (C=O) groups excluding carboxylic acids is 1. The van der Waals surface area contributed by atoms with Gasteiger partial charge in [-0.05, 0) is 53.5 Å². The zero-order valence-corrected chi connectivity index (χ0v) is 22.2. The normalized spacial score (nSPS) is 16.6. The molecule has 4 nitrogen and oxygen atoms in total. The van der Waals surface area contributed by atoms with Crippen LogP contribution < -0.4 is 10.3 Å². The fourth-order valence-electron chi connectivity index (χ4n) is 5.94. The lowest BCUT2D eigenvalue weighted by Crippen LogP contribution is -2.46. The number of hydrazine groups is 1. The number of nitrogens with one attached hydrogen (secondary N) is 1. The molecular weight excluding hydrogens is 478 g/mol. The van der Waals surface area contributed by atoms with Gasteiger partial charge in [-0.3, -0.25) is 4.79 Å². The number of benzene rings is 4. The fraction of sp³-hybridized carbons (Fsp3) is 0.229. The number of rotatable bonds is 7. The summed E-state index contributed by atoms with van der Waals surface area (Å²) in [6.07, 6.45) is 4.84. The van der Waals surface area contributed by atoms with Crippen molar-refractivity contribution in [2.45, 2.75) is 31.8 Å². The van der Waals surface area contributed by atoms with Gasteiger partial charge in [0.25, 0.3) is 5.91 Å². The second-order valence-corrected chi connectivity index (χ2v) is 10.6. The van der Waals surface area contributed by atoms with Crippen LogP contribution in [0.25, 0.3) is 0 Å². The van der Waals surface area contributed by atoms with Crippen LogP contribution in [0.5, 0.6) is 0 Å². The van der Waals surface area contributed by atoms with Gasteiger partial charge in [-0.1, -0.05) is 115 Å². The lowest BCUT2D eigenvalue weighted by molar-refractivity contribution is -0.114. The molecule has 39 heavy (non-hydrogen) atoms. The Bertz CT molecular complexity index is 1370. The first-order valence-electron chi connectivity index (χ1n) is 14.0. The molecule has 2 aliphatic rings. The van der Waals surface area contributed by atoms with E-state index in [9.17, 15) is 4.79 Å². The molecule has 1 fully saturated rings. The Labute approximate surface area is 231 Å². The van der Waals surface area contributed by atoms with Gasteiger partial charge < -0.3 is 4.90 Å². The number of anilines is 1. The van der Waals surface area contributed by atoms with E-state index in [0.29, 0.717) is 12.5 Å². The molecule has 0 radical (unpaired) electrons. The Morgan fingerprint density at radius 2 is 1.28 bits per heavy atom. The van der Waals surface area contributed by atoms with Gasteiger partial charge in [-0.25, -0.2) is 10.4 Å². The largest absolute Gasteiger partial charge is 0.304 e. The van der Waals surface area contributed by atoms with Crippen molar-refractivity contribution in [2.75, 3.05) is 18.0 Å². The topological polar surface area (TPSA) is 35.6 Å². The standard InChI is InChI=1S/C35H35N3O/c39-34-25-32(24-31-18-10-11-19-33(31)38(34)26-27-12-4-1-5-13-27)28-20-22-37(23-21-28)36-35(29-14-6-2-7-15-29)30-16-8-3-9-17-30/h1-19,25,28,35-36H,20-24,26H2. The minimum atomic E-state index is 0.0903. The van der Waals surface area contributed by atoms with Gasteiger partial charge in [0.15, 0.2) is 0 Å². The zero-order chi connectivity index (χ0) is 26.4. The van der Waals surface area contributed by atoms with Crippen molar-refractivity contribution in [1.82, 2.24) is 10.4 Å². The molecule has 0 bridgehead atoms. The van der Waals surface area contributed by atoms with Gasteiger partial charge in [-0.2, -0.15) is 0 Å². The first kappa shape index (κ1) is 25.3. The fourth-order valence-corrected chi connectivity index (χ4v) is 5.94. The number of fused-ring (bicyclic) bond motifs is 1. The van der Waals surface area contributed by atoms with Gasteiger partial charge in [0.05, 0.1) is 12.6 Å². The quantitative estimate of drug-likeness (QED) is 0.298. The number of hydrogen-bond acceptors (Lipinski definition) is 3. The highest BCUT2D eigenvalue weighted by Crippen LogP contribution is 2.34. The third-order valence-corrected chi connectivity index (χ3v) is 8.03. The van der Waals surface area contributed by atoms with E-state index in [1.165, 1.54) is 22.3 Å². The Kier molecular flexibility index (Phi) is 7.66. The molecule has 0 saturated carbocycles. The summed E-state index contributed by atoms with van der Waals surface area (Å²) in [4.78, 5) is 15.5. The van der Waals surface area contributed by atoms with Crippen LogP contribution in [0.3, 0.4) is 0 Å². The van der Waals surface area contributed by atoms with E-state index in [4.69, 9.17) is 0 Å². The number of allylic oxidation sites excluding steroid dienone is 1. The molecule has 2 aliphatic heterocycles. The van der Waals surface area contributed by atoms with Gasteiger partial charge in [0, 0.05) is 24.9 Å². The molecule has 2 heterocycles. The van der Waals surface area contributed by atoms with Crippen LogP contribution in [0.4, 0.5) is 5.69 Å². The number of nitrogens with zero attached hydrogens (tertiary/aromatic N) is 2. The van der Waals surface area contributed by atoms with E-state index in [0.717, 1.165) is 43.6 Å². The minimum absolute atomic E-state index is 0.0903. The highest BCUT2D eigenvalue weighted by molar-refractivity contribution is 6.03. The summed E-state index contributed by atoms with van der Waals surface area (Å²) >= 11 is 0.